The lowest BCUT2D eigenvalue weighted by molar-refractivity contribution is -0.121. The maximum atomic E-state index is 13.1. The zero-order valence-corrected chi connectivity index (χ0v) is 8.13. The summed E-state index contributed by atoms with van der Waals surface area (Å²) < 4.78 is 18.1. The normalized spacial score (nSPS) is 10.1. The Labute approximate surface area is 82.7 Å². The smallest absolute Gasteiger partial charge is 0.155 e. The minimum absolute atomic E-state index is 0.0152. The van der Waals surface area contributed by atoms with Crippen molar-refractivity contribution in [3.63, 3.8) is 0 Å². The molecular formula is C11H13FO2. The standard InChI is InChI=1S/C11H13FO2/c1-9(13)8-14-7-6-10-4-2-3-5-11(10)12/h2-5H,6-8H2,1H3. The average Bonchev–Trinajstić information content (AvgIpc) is 2.15. The Hall–Kier alpha value is -1.22. The summed E-state index contributed by atoms with van der Waals surface area (Å²) in [6.07, 6.45) is 0.500. The first-order valence-corrected chi connectivity index (χ1v) is 4.50. The number of ether oxygens (including phenoxy) is 1. The van der Waals surface area contributed by atoms with Crippen LogP contribution in [0, 0.1) is 5.82 Å². The zero-order chi connectivity index (χ0) is 10.4. The van der Waals surface area contributed by atoms with E-state index in [1.807, 2.05) is 0 Å². The second kappa shape index (κ2) is 5.50. The molecule has 76 valence electrons. The van der Waals surface area contributed by atoms with Gasteiger partial charge >= 0.3 is 0 Å². The minimum Gasteiger partial charge on any atom is -0.373 e. The van der Waals surface area contributed by atoms with Gasteiger partial charge in [0.25, 0.3) is 0 Å². The molecule has 1 aromatic carbocycles. The lowest BCUT2D eigenvalue weighted by Gasteiger charge is -2.03. The van der Waals surface area contributed by atoms with Crippen LogP contribution in [0.1, 0.15) is 12.5 Å². The van der Waals surface area contributed by atoms with E-state index >= 15 is 0 Å². The molecule has 1 aromatic rings. The van der Waals surface area contributed by atoms with Crippen molar-refractivity contribution in [3.8, 4) is 0 Å². The van der Waals surface area contributed by atoms with Crippen LogP contribution in [-0.2, 0) is 16.0 Å². The highest BCUT2D eigenvalue weighted by atomic mass is 19.1. The highest BCUT2D eigenvalue weighted by Gasteiger charge is 2.00. The van der Waals surface area contributed by atoms with Crippen molar-refractivity contribution in [3.05, 3.63) is 35.6 Å². The molecule has 0 aliphatic rings. The summed E-state index contributed by atoms with van der Waals surface area (Å²) in [6.45, 7) is 1.94. The third-order valence-electron chi connectivity index (χ3n) is 1.78. The van der Waals surface area contributed by atoms with Crippen LogP contribution in [0.2, 0.25) is 0 Å². The molecule has 0 aliphatic carbocycles. The monoisotopic (exact) mass is 196 g/mol. The van der Waals surface area contributed by atoms with Crippen molar-refractivity contribution in [1.29, 1.82) is 0 Å². The summed E-state index contributed by atoms with van der Waals surface area (Å²) in [5.74, 6) is -0.238. The van der Waals surface area contributed by atoms with E-state index in [-0.39, 0.29) is 18.2 Å². The minimum atomic E-state index is -0.223. The molecule has 0 radical (unpaired) electrons. The van der Waals surface area contributed by atoms with Gasteiger partial charge in [0, 0.05) is 0 Å². The Morgan fingerprint density at radius 3 is 2.79 bits per heavy atom. The molecule has 0 heterocycles. The Morgan fingerprint density at radius 2 is 2.14 bits per heavy atom. The fourth-order valence-corrected chi connectivity index (χ4v) is 1.10. The molecule has 0 atom stereocenters. The Morgan fingerprint density at radius 1 is 1.43 bits per heavy atom. The summed E-state index contributed by atoms with van der Waals surface area (Å²) in [5, 5.41) is 0. The van der Waals surface area contributed by atoms with E-state index in [1.54, 1.807) is 18.2 Å². The van der Waals surface area contributed by atoms with Gasteiger partial charge in [0.2, 0.25) is 0 Å². The van der Waals surface area contributed by atoms with Crippen molar-refractivity contribution in [2.75, 3.05) is 13.2 Å². The van der Waals surface area contributed by atoms with Crippen LogP contribution in [-0.4, -0.2) is 19.0 Å². The van der Waals surface area contributed by atoms with E-state index in [0.29, 0.717) is 18.6 Å². The fraction of sp³-hybridized carbons (Fsp3) is 0.364. The van der Waals surface area contributed by atoms with E-state index in [1.165, 1.54) is 13.0 Å². The SMILES string of the molecule is CC(=O)COCCc1ccccc1F. The maximum absolute atomic E-state index is 13.1. The van der Waals surface area contributed by atoms with Crippen molar-refractivity contribution in [1.82, 2.24) is 0 Å². The van der Waals surface area contributed by atoms with E-state index in [9.17, 15) is 9.18 Å². The Balaban J connectivity index is 2.31. The van der Waals surface area contributed by atoms with Crippen LogP contribution in [0.15, 0.2) is 24.3 Å². The van der Waals surface area contributed by atoms with Gasteiger partial charge in [0.15, 0.2) is 5.78 Å². The second-order valence-electron chi connectivity index (χ2n) is 3.10. The number of benzene rings is 1. The quantitative estimate of drug-likeness (QED) is 0.673. The van der Waals surface area contributed by atoms with Crippen LogP contribution >= 0.6 is 0 Å². The van der Waals surface area contributed by atoms with Gasteiger partial charge in [0.1, 0.15) is 12.4 Å². The molecule has 0 saturated carbocycles. The van der Waals surface area contributed by atoms with Crippen LogP contribution in [0.25, 0.3) is 0 Å². The second-order valence-corrected chi connectivity index (χ2v) is 3.10. The first-order chi connectivity index (χ1) is 6.70. The largest absolute Gasteiger partial charge is 0.373 e. The summed E-state index contributed by atoms with van der Waals surface area (Å²) in [4.78, 5) is 10.5. The predicted molar refractivity (Wildman–Crippen MR) is 51.6 cm³/mol. The number of rotatable bonds is 5. The number of carbonyl (C=O) groups is 1. The molecule has 2 nitrogen and oxygen atoms in total. The average molecular weight is 196 g/mol. The maximum Gasteiger partial charge on any atom is 0.155 e. The van der Waals surface area contributed by atoms with Gasteiger partial charge in [0.05, 0.1) is 6.61 Å². The molecule has 3 heteroatoms. The lowest BCUT2D eigenvalue weighted by Crippen LogP contribution is -2.07. The van der Waals surface area contributed by atoms with E-state index in [0.717, 1.165) is 0 Å². The lowest BCUT2D eigenvalue weighted by atomic mass is 10.1. The number of ketones is 1. The van der Waals surface area contributed by atoms with Gasteiger partial charge in [-0.05, 0) is 25.0 Å². The number of carbonyl (C=O) groups excluding carboxylic acids is 1. The van der Waals surface area contributed by atoms with Crippen molar-refractivity contribution < 1.29 is 13.9 Å². The van der Waals surface area contributed by atoms with Gasteiger partial charge in [-0.15, -0.1) is 0 Å². The van der Waals surface area contributed by atoms with Gasteiger partial charge < -0.3 is 4.74 Å². The summed E-state index contributed by atoms with van der Waals surface area (Å²) >= 11 is 0. The van der Waals surface area contributed by atoms with Crippen molar-refractivity contribution in [2.24, 2.45) is 0 Å². The molecule has 0 bridgehead atoms. The molecule has 0 spiro atoms. The third-order valence-corrected chi connectivity index (χ3v) is 1.78. The number of hydrogen-bond acceptors (Lipinski definition) is 2. The first kappa shape index (κ1) is 10.9. The zero-order valence-electron chi connectivity index (χ0n) is 8.13. The molecule has 0 aromatic heterocycles. The Bertz CT molecular complexity index is 310. The van der Waals surface area contributed by atoms with Gasteiger partial charge in [-0.25, -0.2) is 4.39 Å². The van der Waals surface area contributed by atoms with E-state index in [4.69, 9.17) is 4.74 Å². The van der Waals surface area contributed by atoms with Crippen LogP contribution in [0.4, 0.5) is 4.39 Å². The molecule has 14 heavy (non-hydrogen) atoms. The van der Waals surface area contributed by atoms with Crippen LogP contribution in [0.3, 0.4) is 0 Å². The van der Waals surface area contributed by atoms with Crippen LogP contribution < -0.4 is 0 Å². The molecule has 0 fully saturated rings. The number of hydrogen-bond donors (Lipinski definition) is 0. The van der Waals surface area contributed by atoms with Crippen molar-refractivity contribution in [2.45, 2.75) is 13.3 Å². The summed E-state index contributed by atoms with van der Waals surface area (Å²) in [7, 11) is 0. The summed E-state index contributed by atoms with van der Waals surface area (Å²) in [5.41, 5.74) is 0.621. The molecule has 0 unspecified atom stereocenters. The Kier molecular flexibility index (Phi) is 4.26. The van der Waals surface area contributed by atoms with E-state index < -0.39 is 0 Å². The van der Waals surface area contributed by atoms with Gasteiger partial charge in [-0.3, -0.25) is 4.79 Å². The molecule has 0 saturated heterocycles. The highest BCUT2D eigenvalue weighted by molar-refractivity contribution is 5.76. The van der Waals surface area contributed by atoms with E-state index in [2.05, 4.69) is 0 Å². The first-order valence-electron chi connectivity index (χ1n) is 4.50. The number of Topliss-reactive ketones (excluding diaryl/α,β-unsaturated/α-hetero) is 1. The molecule has 0 aliphatic heterocycles. The van der Waals surface area contributed by atoms with Gasteiger partial charge in [-0.2, -0.15) is 0 Å². The molecule has 1 rings (SSSR count). The molecule has 0 amide bonds. The topological polar surface area (TPSA) is 26.3 Å². The highest BCUT2D eigenvalue weighted by Crippen LogP contribution is 2.06. The van der Waals surface area contributed by atoms with Gasteiger partial charge in [-0.1, -0.05) is 18.2 Å². The fourth-order valence-electron chi connectivity index (χ4n) is 1.10. The van der Waals surface area contributed by atoms with Crippen molar-refractivity contribution >= 4 is 5.78 Å². The van der Waals surface area contributed by atoms with Crippen LogP contribution in [0.5, 0.6) is 0 Å². The predicted octanol–water partition coefficient (Wildman–Crippen LogP) is 1.97. The molecule has 0 N–H and O–H groups in total. The molecular weight excluding hydrogens is 183 g/mol. The summed E-state index contributed by atoms with van der Waals surface area (Å²) in [6, 6.07) is 6.56. The number of halogens is 1. The third kappa shape index (κ3) is 3.66.